The molecule has 0 bridgehead atoms. The van der Waals surface area contributed by atoms with Crippen LogP contribution in [0.3, 0.4) is 0 Å². The predicted octanol–water partition coefficient (Wildman–Crippen LogP) is 11.0. The van der Waals surface area contributed by atoms with Gasteiger partial charge in [0.15, 0.2) is 0 Å². The van der Waals surface area contributed by atoms with Crippen molar-refractivity contribution in [3.05, 3.63) is 0 Å². The van der Waals surface area contributed by atoms with Crippen LogP contribution < -0.4 is 5.79 Å². The van der Waals surface area contributed by atoms with E-state index in [0.717, 1.165) is 57.2 Å². The molecule has 0 amide bonds. The number of hydrogen-bond acceptors (Lipinski definition) is 5. The zero-order valence-corrected chi connectivity index (χ0v) is 40.0. The first-order valence-corrected chi connectivity index (χ1v) is 29.4. The average Bonchev–Trinajstić information content (AvgIpc) is 3.42. The van der Waals surface area contributed by atoms with Crippen LogP contribution in [0.4, 0.5) is 0 Å². The van der Waals surface area contributed by atoms with E-state index in [1.807, 2.05) is 13.8 Å². The Balaban J connectivity index is 4.24. The van der Waals surface area contributed by atoms with Crippen molar-refractivity contribution in [1.29, 1.82) is 0 Å². The van der Waals surface area contributed by atoms with E-state index in [-0.39, 0.29) is 18.4 Å². The van der Waals surface area contributed by atoms with Crippen molar-refractivity contribution in [3.63, 3.8) is 0 Å². The molecule has 0 aliphatic rings. The normalized spacial score (nSPS) is 13.1. The van der Waals surface area contributed by atoms with Crippen molar-refractivity contribution >= 4 is 79.1 Å². The van der Waals surface area contributed by atoms with E-state index in [1.54, 1.807) is 11.3 Å². The molecule has 0 unspecified atom stereocenters. The quantitative estimate of drug-likeness (QED) is 0.0721. The van der Waals surface area contributed by atoms with Gasteiger partial charge in [0, 0.05) is 0 Å². The molecule has 0 spiro atoms. The molecule has 1 rings (SSSR count). The van der Waals surface area contributed by atoms with Crippen molar-refractivity contribution in [2.45, 2.75) is 213 Å². The van der Waals surface area contributed by atoms with E-state index in [0.29, 0.717) is 22.6 Å². The second kappa shape index (κ2) is 24.4. The van der Waals surface area contributed by atoms with E-state index >= 15 is 0 Å². The van der Waals surface area contributed by atoms with Crippen LogP contribution in [0.2, 0.25) is 6.86 Å². The van der Waals surface area contributed by atoms with Crippen molar-refractivity contribution in [2.75, 3.05) is 11.5 Å². The minimum absolute atomic E-state index is 0.0754. The fourth-order valence-electron chi connectivity index (χ4n) is 6.70. The molecule has 0 fully saturated rings. The molecular weight excluding hydrogens is 854 g/mol. The van der Waals surface area contributed by atoms with E-state index in [9.17, 15) is 16.8 Å². The van der Waals surface area contributed by atoms with Crippen molar-refractivity contribution in [2.24, 2.45) is 0 Å². The summed E-state index contributed by atoms with van der Waals surface area (Å²) in [5, 5.41) is 0. The monoisotopic (exact) mass is 928 g/mol. The molecule has 9 heteroatoms. The maximum atomic E-state index is 14.6. The Bertz CT molecular complexity index is 1060. The zero-order chi connectivity index (χ0) is 35.4. The molecule has 4 radical (unpaired) electrons. The maximum absolute atomic E-state index is 14.6. The van der Waals surface area contributed by atoms with Gasteiger partial charge < -0.3 is 0 Å². The molecule has 47 heavy (non-hydrogen) atoms. The molecule has 0 atom stereocenters. The summed E-state index contributed by atoms with van der Waals surface area (Å²) in [5.74, 6) is 0.151. The molecular formula is C38H72O4S3Sn2. The second-order valence-electron chi connectivity index (χ2n) is 14.2. The van der Waals surface area contributed by atoms with E-state index in [1.165, 1.54) is 77.0 Å². The summed E-state index contributed by atoms with van der Waals surface area (Å²) in [5.41, 5.74) is 0. The molecule has 0 aliphatic carbocycles. The van der Waals surface area contributed by atoms with E-state index < -0.39 is 62.0 Å². The number of unbranched alkanes of at least 4 members (excludes halogenated alkanes) is 8. The summed E-state index contributed by atoms with van der Waals surface area (Å²) in [6.45, 7) is 17.7. The van der Waals surface area contributed by atoms with Gasteiger partial charge in [-0.1, -0.05) is 0 Å². The molecule has 0 aromatic carbocycles. The fourth-order valence-corrected chi connectivity index (χ4v) is 33.5. The number of hydrogen-bond donors (Lipinski definition) is 0. The van der Waals surface area contributed by atoms with Gasteiger partial charge in [0.2, 0.25) is 0 Å². The van der Waals surface area contributed by atoms with E-state index in [4.69, 9.17) is 0 Å². The molecule has 0 N–H and O–H groups in total. The fraction of sp³-hybridized carbons (Fsp3) is 0.895. The topological polar surface area (TPSA) is 68.3 Å². The molecule has 1 heterocycles. The molecule has 1 aromatic heterocycles. The van der Waals surface area contributed by atoms with Crippen LogP contribution in [0, 0.1) is 0 Å². The number of rotatable bonds is 30. The van der Waals surface area contributed by atoms with E-state index in [2.05, 4.69) is 41.5 Å². The Morgan fingerprint density at radius 2 is 0.660 bits per heavy atom. The molecule has 1 aromatic rings. The average molecular weight is 927 g/mol. The van der Waals surface area contributed by atoms with Gasteiger partial charge in [-0.15, -0.1) is 0 Å². The Labute approximate surface area is 317 Å². The zero-order valence-electron chi connectivity index (χ0n) is 31.8. The van der Waals surface area contributed by atoms with Gasteiger partial charge >= 0.3 is 321 Å². The van der Waals surface area contributed by atoms with Crippen LogP contribution in [0.15, 0.2) is 9.79 Å². The third-order valence-corrected chi connectivity index (χ3v) is 28.9. The Morgan fingerprint density at radius 1 is 0.426 bits per heavy atom. The van der Waals surface area contributed by atoms with Crippen molar-refractivity contribution < 1.29 is 16.8 Å². The third kappa shape index (κ3) is 15.4. The van der Waals surface area contributed by atoms with Crippen LogP contribution >= 0.6 is 11.3 Å². The summed E-state index contributed by atoms with van der Waals surface area (Å²) in [7, 11) is -7.42. The molecule has 0 saturated heterocycles. The van der Waals surface area contributed by atoms with Crippen LogP contribution in [0.25, 0.3) is 0 Å². The summed E-state index contributed by atoms with van der Waals surface area (Å²) >= 11 is -1.20. The number of sulfone groups is 2. The SMILES string of the molecule is CCCC[C](CCCC)(CCCC)[Sn][c]1s[c]([Sn][C](CCCC)(CCCC)CCCC)c(S(=O)(=O)CCCC)c1S(=O)(=O)CCCC. The third-order valence-electron chi connectivity index (χ3n) is 9.79. The summed E-state index contributed by atoms with van der Waals surface area (Å²) < 4.78 is 60.8. The first kappa shape index (κ1) is 46.2. The minimum atomic E-state index is -3.71. The van der Waals surface area contributed by atoms with Crippen LogP contribution in [0.5, 0.6) is 0 Å². The Morgan fingerprint density at radius 3 is 0.872 bits per heavy atom. The summed E-state index contributed by atoms with van der Waals surface area (Å²) in [4.78, 5) is 0.692. The molecule has 0 aliphatic heterocycles. The number of thiophene rings is 1. The molecule has 274 valence electrons. The van der Waals surface area contributed by atoms with Crippen molar-refractivity contribution in [3.8, 4) is 0 Å². The summed E-state index contributed by atoms with van der Waals surface area (Å²) in [6.07, 6.45) is 23.7. The second-order valence-corrected chi connectivity index (χ2v) is 31.7. The van der Waals surface area contributed by atoms with Gasteiger partial charge in [-0.25, -0.2) is 0 Å². The summed E-state index contributed by atoms with van der Waals surface area (Å²) in [6, 6.07) is 0. The van der Waals surface area contributed by atoms with Gasteiger partial charge in [-0.2, -0.15) is 0 Å². The van der Waals surface area contributed by atoms with Crippen molar-refractivity contribution in [1.82, 2.24) is 0 Å². The first-order chi connectivity index (χ1) is 22.4. The Kier molecular flexibility index (Phi) is 24.0. The van der Waals surface area contributed by atoms with Gasteiger partial charge in [-0.3, -0.25) is 0 Å². The standard InChI is InChI=1S/2C13H27.C12H18O4S3.2Sn/c2*1-4-7-10-13(11-8-5-2)12-9-6-3;1-3-5-7-18(13,14)11-9-17-10-12(11)19(15,16)8-6-4-2;;/h2*4-12H2,1-3H3;3-8H2,1-2H3;;. The van der Waals surface area contributed by atoms with Gasteiger partial charge in [0.25, 0.3) is 0 Å². The van der Waals surface area contributed by atoms with Gasteiger partial charge in [0.1, 0.15) is 0 Å². The Hall–Kier alpha value is 1.20. The van der Waals surface area contributed by atoms with Gasteiger partial charge in [-0.05, 0) is 0 Å². The molecule has 0 saturated carbocycles. The van der Waals surface area contributed by atoms with Crippen LogP contribution in [-0.4, -0.2) is 70.6 Å². The predicted molar refractivity (Wildman–Crippen MR) is 212 cm³/mol. The molecule has 4 nitrogen and oxygen atoms in total. The van der Waals surface area contributed by atoms with Crippen LogP contribution in [0.1, 0.15) is 197 Å². The van der Waals surface area contributed by atoms with Gasteiger partial charge in [0.05, 0.1) is 0 Å². The first-order valence-electron chi connectivity index (χ1n) is 19.6. The van der Waals surface area contributed by atoms with Crippen LogP contribution in [-0.2, 0) is 19.7 Å².